The van der Waals surface area contributed by atoms with Gasteiger partial charge in [-0.1, -0.05) is 45.4 Å². The smallest absolute Gasteiger partial charge is 0.219 e. The van der Waals surface area contributed by atoms with Gasteiger partial charge in [0.15, 0.2) is 0 Å². The van der Waals surface area contributed by atoms with Crippen LogP contribution in [0.4, 0.5) is 0 Å². The van der Waals surface area contributed by atoms with Crippen molar-refractivity contribution < 1.29 is 4.79 Å². The lowest BCUT2D eigenvalue weighted by Crippen LogP contribution is -2.23. The first-order valence-corrected chi connectivity index (χ1v) is 7.72. The van der Waals surface area contributed by atoms with E-state index in [1.54, 1.807) is 0 Å². The van der Waals surface area contributed by atoms with Gasteiger partial charge in [0.05, 0.1) is 0 Å². The lowest BCUT2D eigenvalue weighted by Gasteiger charge is -2.04. The van der Waals surface area contributed by atoms with E-state index < -0.39 is 0 Å². The van der Waals surface area contributed by atoms with Crippen LogP contribution < -0.4 is 10.6 Å². The summed E-state index contributed by atoms with van der Waals surface area (Å²) in [6.45, 7) is 4.16. The first-order chi connectivity index (χ1) is 8.81. The van der Waals surface area contributed by atoms with Gasteiger partial charge in [0.2, 0.25) is 5.91 Å². The summed E-state index contributed by atoms with van der Waals surface area (Å²) >= 11 is 0. The van der Waals surface area contributed by atoms with E-state index in [-0.39, 0.29) is 5.91 Å². The Bertz CT molecular complexity index is 183. The minimum Gasteiger partial charge on any atom is -0.356 e. The number of hydrogen-bond donors (Lipinski definition) is 2. The molecule has 0 fully saturated rings. The van der Waals surface area contributed by atoms with Crippen LogP contribution in [0.5, 0.6) is 0 Å². The van der Waals surface area contributed by atoms with Gasteiger partial charge in [-0.05, 0) is 32.9 Å². The van der Waals surface area contributed by atoms with E-state index in [9.17, 15) is 4.79 Å². The molecule has 0 bridgehead atoms. The van der Waals surface area contributed by atoms with Gasteiger partial charge in [0.25, 0.3) is 0 Å². The maximum atomic E-state index is 11.5. The van der Waals surface area contributed by atoms with Crippen molar-refractivity contribution in [3.8, 4) is 0 Å². The fourth-order valence-corrected chi connectivity index (χ4v) is 1.99. The summed E-state index contributed by atoms with van der Waals surface area (Å²) in [7, 11) is 2.00. The third kappa shape index (κ3) is 13.5. The lowest BCUT2D eigenvalue weighted by atomic mass is 10.1. The summed E-state index contributed by atoms with van der Waals surface area (Å²) in [5.74, 6) is 0.237. The number of carbonyl (C=O) groups excluding carboxylic acids is 1. The van der Waals surface area contributed by atoms with E-state index in [1.165, 1.54) is 44.9 Å². The molecule has 0 rings (SSSR count). The second kappa shape index (κ2) is 14.5. The summed E-state index contributed by atoms with van der Waals surface area (Å²) in [6.07, 6.45) is 11.7. The first-order valence-electron chi connectivity index (χ1n) is 7.72. The number of rotatable bonds is 13. The monoisotopic (exact) mass is 256 g/mol. The van der Waals surface area contributed by atoms with Gasteiger partial charge in [-0.25, -0.2) is 0 Å². The van der Waals surface area contributed by atoms with Crippen molar-refractivity contribution in [1.29, 1.82) is 0 Å². The van der Waals surface area contributed by atoms with Gasteiger partial charge in [-0.15, -0.1) is 0 Å². The molecule has 108 valence electrons. The van der Waals surface area contributed by atoms with Crippen molar-refractivity contribution in [3.63, 3.8) is 0 Å². The standard InChI is InChI=1S/C15H32N2O/c1-3-4-10-14-17-15(18)12-9-7-5-6-8-11-13-16-2/h16H,3-14H2,1-2H3,(H,17,18). The molecule has 0 aromatic carbocycles. The lowest BCUT2D eigenvalue weighted by molar-refractivity contribution is -0.121. The van der Waals surface area contributed by atoms with Crippen molar-refractivity contribution in [1.82, 2.24) is 10.6 Å². The molecule has 0 aliphatic carbocycles. The van der Waals surface area contributed by atoms with Crippen LogP contribution in [-0.2, 0) is 4.79 Å². The van der Waals surface area contributed by atoms with Crippen molar-refractivity contribution in [2.24, 2.45) is 0 Å². The third-order valence-corrected chi connectivity index (χ3v) is 3.18. The number of hydrogen-bond acceptors (Lipinski definition) is 2. The summed E-state index contributed by atoms with van der Waals surface area (Å²) in [4.78, 5) is 11.5. The highest BCUT2D eigenvalue weighted by Crippen LogP contribution is 2.06. The van der Waals surface area contributed by atoms with Crippen LogP contribution in [0.2, 0.25) is 0 Å². The van der Waals surface area contributed by atoms with Crippen molar-refractivity contribution in [2.45, 2.75) is 71.1 Å². The van der Waals surface area contributed by atoms with Crippen LogP contribution in [0.25, 0.3) is 0 Å². The van der Waals surface area contributed by atoms with Crippen LogP contribution in [-0.4, -0.2) is 26.0 Å². The number of unbranched alkanes of at least 4 members (excludes halogenated alkanes) is 7. The second-order valence-corrected chi connectivity index (χ2v) is 5.03. The van der Waals surface area contributed by atoms with Crippen molar-refractivity contribution in [2.75, 3.05) is 20.1 Å². The van der Waals surface area contributed by atoms with Gasteiger partial charge in [-0.3, -0.25) is 4.79 Å². The molecule has 2 N–H and O–H groups in total. The quantitative estimate of drug-likeness (QED) is 0.497. The minimum absolute atomic E-state index is 0.237. The Hall–Kier alpha value is -0.570. The van der Waals surface area contributed by atoms with Gasteiger partial charge < -0.3 is 10.6 Å². The Balaban J connectivity index is 3.10. The predicted octanol–water partition coefficient (Wildman–Crippen LogP) is 3.24. The maximum Gasteiger partial charge on any atom is 0.219 e. The predicted molar refractivity (Wildman–Crippen MR) is 78.8 cm³/mol. The highest BCUT2D eigenvalue weighted by Gasteiger charge is 1.99. The fraction of sp³-hybridized carbons (Fsp3) is 0.933. The summed E-state index contributed by atoms with van der Waals surface area (Å²) in [6, 6.07) is 0. The van der Waals surface area contributed by atoms with Crippen molar-refractivity contribution in [3.05, 3.63) is 0 Å². The van der Waals surface area contributed by atoms with Crippen LogP contribution in [0.3, 0.4) is 0 Å². The molecule has 0 heterocycles. The molecule has 0 atom stereocenters. The molecule has 0 spiro atoms. The molecule has 3 nitrogen and oxygen atoms in total. The molecule has 0 aliphatic heterocycles. The number of nitrogens with one attached hydrogen (secondary N) is 2. The molecule has 0 saturated carbocycles. The van der Waals surface area contributed by atoms with E-state index in [0.717, 1.165) is 25.9 Å². The van der Waals surface area contributed by atoms with Gasteiger partial charge in [-0.2, -0.15) is 0 Å². The van der Waals surface area contributed by atoms with Crippen LogP contribution >= 0.6 is 0 Å². The van der Waals surface area contributed by atoms with E-state index >= 15 is 0 Å². The Labute approximate surface area is 113 Å². The van der Waals surface area contributed by atoms with Crippen molar-refractivity contribution >= 4 is 5.91 Å². The Morgan fingerprint density at radius 3 is 2.11 bits per heavy atom. The molecule has 3 heteroatoms. The number of carbonyl (C=O) groups is 1. The average molecular weight is 256 g/mol. The summed E-state index contributed by atoms with van der Waals surface area (Å²) in [5, 5.41) is 6.15. The SMILES string of the molecule is CCCCCNC(=O)CCCCCCCCNC. The topological polar surface area (TPSA) is 41.1 Å². The van der Waals surface area contributed by atoms with E-state index in [2.05, 4.69) is 17.6 Å². The molecule has 0 unspecified atom stereocenters. The van der Waals surface area contributed by atoms with Gasteiger partial charge in [0.1, 0.15) is 0 Å². The van der Waals surface area contributed by atoms with Crippen LogP contribution in [0.15, 0.2) is 0 Å². The maximum absolute atomic E-state index is 11.5. The zero-order valence-corrected chi connectivity index (χ0v) is 12.4. The number of amides is 1. The Kier molecular flexibility index (Phi) is 14.0. The van der Waals surface area contributed by atoms with Gasteiger partial charge >= 0.3 is 0 Å². The highest BCUT2D eigenvalue weighted by molar-refractivity contribution is 5.75. The Morgan fingerprint density at radius 2 is 1.44 bits per heavy atom. The fourth-order valence-electron chi connectivity index (χ4n) is 1.99. The zero-order chi connectivity index (χ0) is 13.5. The first kappa shape index (κ1) is 17.4. The third-order valence-electron chi connectivity index (χ3n) is 3.18. The molecule has 0 aliphatic rings. The molecule has 0 aromatic rings. The molecular formula is C15H32N2O. The molecule has 0 aromatic heterocycles. The van der Waals surface area contributed by atoms with Crippen LogP contribution in [0.1, 0.15) is 71.1 Å². The zero-order valence-electron chi connectivity index (χ0n) is 12.4. The van der Waals surface area contributed by atoms with E-state index in [0.29, 0.717) is 6.42 Å². The molecular weight excluding hydrogens is 224 g/mol. The highest BCUT2D eigenvalue weighted by atomic mass is 16.1. The molecule has 0 saturated heterocycles. The molecule has 18 heavy (non-hydrogen) atoms. The molecule has 0 radical (unpaired) electrons. The van der Waals surface area contributed by atoms with Crippen LogP contribution in [0, 0.1) is 0 Å². The minimum atomic E-state index is 0.237. The summed E-state index contributed by atoms with van der Waals surface area (Å²) < 4.78 is 0. The molecule has 1 amide bonds. The van der Waals surface area contributed by atoms with E-state index in [1.807, 2.05) is 7.05 Å². The van der Waals surface area contributed by atoms with E-state index in [4.69, 9.17) is 0 Å². The summed E-state index contributed by atoms with van der Waals surface area (Å²) in [5.41, 5.74) is 0. The second-order valence-electron chi connectivity index (χ2n) is 5.03. The normalized spacial score (nSPS) is 10.6. The van der Waals surface area contributed by atoms with Gasteiger partial charge in [0, 0.05) is 13.0 Å². The Morgan fingerprint density at radius 1 is 0.833 bits per heavy atom. The average Bonchev–Trinajstić information content (AvgIpc) is 2.38. The largest absolute Gasteiger partial charge is 0.356 e.